The van der Waals surface area contributed by atoms with E-state index < -0.39 is 0 Å². The molecule has 0 unspecified atom stereocenters. The van der Waals surface area contributed by atoms with E-state index >= 15 is 0 Å². The van der Waals surface area contributed by atoms with E-state index in [2.05, 4.69) is 60.7 Å². The number of nitrogens with zero attached hydrogens (tertiary/aromatic N) is 2. The maximum absolute atomic E-state index is 8.36. The van der Waals surface area contributed by atoms with Crippen molar-refractivity contribution < 1.29 is 9.90 Å². The summed E-state index contributed by atoms with van der Waals surface area (Å²) in [7, 11) is 4.17. The van der Waals surface area contributed by atoms with Crippen LogP contribution in [0.4, 0.5) is 5.69 Å². The quantitative estimate of drug-likeness (QED) is 0.697. The number of para-hydroxylation sites is 1. The lowest BCUT2D eigenvalue weighted by Crippen LogP contribution is -2.20. The molecule has 0 fully saturated rings. The van der Waals surface area contributed by atoms with E-state index in [1.165, 1.54) is 5.39 Å². The van der Waals surface area contributed by atoms with Gasteiger partial charge in [-0.2, -0.15) is 0 Å². The van der Waals surface area contributed by atoms with Crippen molar-refractivity contribution in [1.82, 2.24) is 9.88 Å². The molecule has 0 atom stereocenters. The Kier molecular flexibility index (Phi) is 6.92. The van der Waals surface area contributed by atoms with Crippen molar-refractivity contribution in [2.75, 3.05) is 32.5 Å². The molecule has 0 bridgehead atoms. The van der Waals surface area contributed by atoms with Crippen molar-refractivity contribution in [3.05, 3.63) is 60.7 Å². The van der Waals surface area contributed by atoms with Crippen LogP contribution in [0.15, 0.2) is 60.7 Å². The summed E-state index contributed by atoms with van der Waals surface area (Å²) in [5.41, 5.74) is 4.32. The Labute approximate surface area is 147 Å². The predicted octanol–water partition coefficient (Wildman–Crippen LogP) is 3.58. The zero-order chi connectivity index (χ0) is 18.1. The maximum atomic E-state index is 8.36. The Hall–Kier alpha value is -2.92. The molecule has 0 aliphatic rings. The van der Waals surface area contributed by atoms with E-state index in [-0.39, 0.29) is 6.47 Å². The van der Waals surface area contributed by atoms with Gasteiger partial charge in [0.25, 0.3) is 6.47 Å². The number of pyridine rings is 1. The van der Waals surface area contributed by atoms with E-state index in [4.69, 9.17) is 14.9 Å². The molecule has 5 heteroatoms. The van der Waals surface area contributed by atoms with Gasteiger partial charge in [-0.1, -0.05) is 48.5 Å². The maximum Gasteiger partial charge on any atom is 0.290 e. The number of hydrogen-bond acceptors (Lipinski definition) is 4. The van der Waals surface area contributed by atoms with E-state index in [9.17, 15) is 0 Å². The monoisotopic (exact) mass is 337 g/mol. The molecular formula is C20H23N3O2. The normalized spacial score (nSPS) is 10.2. The Morgan fingerprint density at radius 2 is 1.72 bits per heavy atom. The fourth-order valence-corrected chi connectivity index (χ4v) is 2.49. The number of carbonyl (C=O) groups is 1. The van der Waals surface area contributed by atoms with Crippen LogP contribution in [0.25, 0.3) is 22.2 Å². The molecular weight excluding hydrogens is 314 g/mol. The highest BCUT2D eigenvalue weighted by Gasteiger charge is 2.07. The zero-order valence-electron chi connectivity index (χ0n) is 14.5. The number of nitrogens with one attached hydrogen (secondary N) is 1. The lowest BCUT2D eigenvalue weighted by Gasteiger charge is -2.14. The van der Waals surface area contributed by atoms with Crippen LogP contribution >= 0.6 is 0 Å². The van der Waals surface area contributed by atoms with E-state index in [1.54, 1.807) is 0 Å². The molecule has 1 heterocycles. The second-order valence-corrected chi connectivity index (χ2v) is 5.77. The third-order valence-corrected chi connectivity index (χ3v) is 3.66. The second kappa shape index (κ2) is 9.39. The molecule has 0 radical (unpaired) electrons. The molecule has 130 valence electrons. The summed E-state index contributed by atoms with van der Waals surface area (Å²) >= 11 is 0. The average Bonchev–Trinajstić information content (AvgIpc) is 2.62. The van der Waals surface area contributed by atoms with Gasteiger partial charge in [-0.05, 0) is 26.2 Å². The number of fused-ring (bicyclic) bond motifs is 1. The Morgan fingerprint density at radius 1 is 1.08 bits per heavy atom. The minimum atomic E-state index is -0.250. The first-order valence-corrected chi connectivity index (χ1v) is 8.07. The van der Waals surface area contributed by atoms with Crippen molar-refractivity contribution in [3.8, 4) is 11.3 Å². The standard InChI is InChI=1S/C19H21N3.CH2O2/c1-22(2)13-12-20-19-14-18(15-8-4-3-5-9-15)21-17-11-7-6-10-16(17)19;2-1-3/h3-11,14H,12-13H2,1-2H3,(H,20,21);1H,(H,2,3). The van der Waals surface area contributed by atoms with Gasteiger partial charge in [0, 0.05) is 29.7 Å². The van der Waals surface area contributed by atoms with E-state index in [0.717, 1.165) is 35.6 Å². The number of anilines is 1. The highest BCUT2D eigenvalue weighted by atomic mass is 16.3. The van der Waals surface area contributed by atoms with Crippen LogP contribution in [0.5, 0.6) is 0 Å². The molecule has 0 saturated carbocycles. The van der Waals surface area contributed by atoms with Crippen LogP contribution in [-0.4, -0.2) is 48.6 Å². The third-order valence-electron chi connectivity index (χ3n) is 3.66. The summed E-state index contributed by atoms with van der Waals surface area (Å²) in [6.07, 6.45) is 0. The summed E-state index contributed by atoms with van der Waals surface area (Å²) in [5, 5.41) is 11.6. The summed E-state index contributed by atoms with van der Waals surface area (Å²) in [6, 6.07) is 20.7. The lowest BCUT2D eigenvalue weighted by atomic mass is 10.1. The first-order chi connectivity index (χ1) is 12.2. The molecule has 3 aromatic rings. The second-order valence-electron chi connectivity index (χ2n) is 5.77. The molecule has 0 aliphatic carbocycles. The molecule has 0 amide bonds. The number of carboxylic acid groups (broad SMARTS) is 1. The number of aromatic nitrogens is 1. The molecule has 2 aromatic carbocycles. The summed E-state index contributed by atoms with van der Waals surface area (Å²) < 4.78 is 0. The summed E-state index contributed by atoms with van der Waals surface area (Å²) in [5.74, 6) is 0. The molecule has 1 aromatic heterocycles. The van der Waals surface area contributed by atoms with Crippen LogP contribution in [0, 0.1) is 0 Å². The third kappa shape index (κ3) is 5.29. The van der Waals surface area contributed by atoms with Crippen LogP contribution < -0.4 is 5.32 Å². The Morgan fingerprint density at radius 3 is 2.40 bits per heavy atom. The van der Waals surface area contributed by atoms with Gasteiger partial charge in [0.2, 0.25) is 0 Å². The van der Waals surface area contributed by atoms with Crippen LogP contribution in [0.1, 0.15) is 0 Å². The van der Waals surface area contributed by atoms with Gasteiger partial charge in [-0.15, -0.1) is 0 Å². The average molecular weight is 337 g/mol. The SMILES string of the molecule is CN(C)CCNc1cc(-c2ccccc2)nc2ccccc12.O=CO. The van der Waals surface area contributed by atoms with Crippen molar-refractivity contribution in [2.24, 2.45) is 0 Å². The lowest BCUT2D eigenvalue weighted by molar-refractivity contribution is -0.122. The number of rotatable bonds is 5. The highest BCUT2D eigenvalue weighted by molar-refractivity contribution is 5.93. The van der Waals surface area contributed by atoms with Gasteiger partial charge < -0.3 is 15.3 Å². The van der Waals surface area contributed by atoms with Crippen molar-refractivity contribution in [2.45, 2.75) is 0 Å². The largest absolute Gasteiger partial charge is 0.483 e. The topological polar surface area (TPSA) is 65.5 Å². The van der Waals surface area contributed by atoms with Crippen molar-refractivity contribution in [3.63, 3.8) is 0 Å². The van der Waals surface area contributed by atoms with Crippen molar-refractivity contribution in [1.29, 1.82) is 0 Å². The molecule has 0 aliphatic heterocycles. The van der Waals surface area contributed by atoms with E-state index in [0.29, 0.717) is 0 Å². The van der Waals surface area contributed by atoms with Crippen LogP contribution in [-0.2, 0) is 4.79 Å². The van der Waals surface area contributed by atoms with Gasteiger partial charge in [-0.25, -0.2) is 4.98 Å². The molecule has 3 rings (SSSR count). The van der Waals surface area contributed by atoms with Crippen LogP contribution in [0.3, 0.4) is 0 Å². The van der Waals surface area contributed by atoms with Gasteiger partial charge >= 0.3 is 0 Å². The molecule has 0 saturated heterocycles. The molecule has 25 heavy (non-hydrogen) atoms. The number of likely N-dealkylation sites (N-methyl/N-ethyl adjacent to an activating group) is 1. The minimum absolute atomic E-state index is 0.250. The Balaban J connectivity index is 0.000000701. The first kappa shape index (κ1) is 18.4. The smallest absolute Gasteiger partial charge is 0.290 e. The van der Waals surface area contributed by atoms with Crippen molar-refractivity contribution >= 4 is 23.1 Å². The zero-order valence-corrected chi connectivity index (χ0v) is 14.5. The Bertz CT molecular complexity index is 804. The van der Waals surface area contributed by atoms with Gasteiger partial charge in [0.05, 0.1) is 11.2 Å². The van der Waals surface area contributed by atoms with Crippen LogP contribution in [0.2, 0.25) is 0 Å². The van der Waals surface area contributed by atoms with E-state index in [1.807, 2.05) is 24.3 Å². The number of benzene rings is 2. The fourth-order valence-electron chi connectivity index (χ4n) is 2.49. The van der Waals surface area contributed by atoms with Gasteiger partial charge in [-0.3, -0.25) is 4.79 Å². The first-order valence-electron chi connectivity index (χ1n) is 8.07. The highest BCUT2D eigenvalue weighted by Crippen LogP contribution is 2.28. The predicted molar refractivity (Wildman–Crippen MR) is 103 cm³/mol. The summed E-state index contributed by atoms with van der Waals surface area (Å²) in [6.45, 7) is 1.66. The van der Waals surface area contributed by atoms with Gasteiger partial charge in [0.15, 0.2) is 0 Å². The molecule has 0 spiro atoms. The molecule has 2 N–H and O–H groups in total. The summed E-state index contributed by atoms with van der Waals surface area (Å²) in [4.78, 5) is 15.3. The number of hydrogen-bond donors (Lipinski definition) is 2. The molecule has 5 nitrogen and oxygen atoms in total. The minimum Gasteiger partial charge on any atom is -0.483 e. The fraction of sp³-hybridized carbons (Fsp3) is 0.200. The van der Waals surface area contributed by atoms with Gasteiger partial charge in [0.1, 0.15) is 0 Å².